The number of carbonyl (C=O) groups excluding carboxylic acids is 1. The Bertz CT molecular complexity index is 888. The van der Waals surface area contributed by atoms with Crippen molar-refractivity contribution in [3.63, 3.8) is 0 Å². The Hall–Kier alpha value is -2.54. The van der Waals surface area contributed by atoms with Crippen LogP contribution in [0.3, 0.4) is 0 Å². The lowest BCUT2D eigenvalue weighted by Crippen LogP contribution is -2.43. The van der Waals surface area contributed by atoms with E-state index in [1.165, 1.54) is 23.9 Å². The number of fused-ring (bicyclic) bond motifs is 1. The molecule has 128 valence electrons. The van der Waals surface area contributed by atoms with Crippen LogP contribution in [-0.2, 0) is 24.8 Å². The number of hydrogen-bond donors (Lipinski definition) is 1. The van der Waals surface area contributed by atoms with Gasteiger partial charge < -0.3 is 10.6 Å². The summed E-state index contributed by atoms with van der Waals surface area (Å²) >= 11 is 0. The van der Waals surface area contributed by atoms with Crippen molar-refractivity contribution < 1.29 is 4.79 Å². The fourth-order valence-electron chi connectivity index (χ4n) is 2.88. The number of hydrogen-bond acceptors (Lipinski definition) is 4. The third kappa shape index (κ3) is 3.07. The molecule has 1 amide bonds. The number of aromatic nitrogens is 2. The Morgan fingerprint density at radius 3 is 2.75 bits per heavy atom. The number of carbonyl (C=O) groups is 1. The van der Waals surface area contributed by atoms with E-state index in [1.807, 2.05) is 18.2 Å². The summed E-state index contributed by atoms with van der Waals surface area (Å²) in [4.78, 5) is 37.8. The molecule has 2 heterocycles. The molecule has 8 heteroatoms. The number of rotatable bonds is 2. The molecule has 1 aliphatic heterocycles. The Morgan fingerprint density at radius 1 is 1.25 bits per heavy atom. The molecule has 0 saturated heterocycles. The predicted molar refractivity (Wildman–Crippen MR) is 94.7 cm³/mol. The second-order valence-corrected chi connectivity index (χ2v) is 5.62. The molecule has 1 aromatic heterocycles. The lowest BCUT2D eigenvalue weighted by Gasteiger charge is -2.30. The first-order chi connectivity index (χ1) is 11.0. The largest absolute Gasteiger partial charge is 0.398 e. The average Bonchev–Trinajstić information content (AvgIpc) is 2.55. The zero-order valence-corrected chi connectivity index (χ0v) is 14.1. The normalized spacial score (nSPS) is 13.1. The first-order valence-corrected chi connectivity index (χ1v) is 7.43. The van der Waals surface area contributed by atoms with Gasteiger partial charge in [0.05, 0.1) is 0 Å². The molecule has 24 heavy (non-hydrogen) atoms. The van der Waals surface area contributed by atoms with E-state index < -0.39 is 11.2 Å². The maximum absolute atomic E-state index is 12.6. The summed E-state index contributed by atoms with van der Waals surface area (Å²) in [5.41, 5.74) is 7.54. The van der Waals surface area contributed by atoms with Gasteiger partial charge in [-0.05, 0) is 30.5 Å². The van der Waals surface area contributed by atoms with E-state index in [2.05, 4.69) is 0 Å². The van der Waals surface area contributed by atoms with Gasteiger partial charge in [0.2, 0.25) is 5.91 Å². The van der Waals surface area contributed by atoms with E-state index in [0.717, 1.165) is 28.7 Å². The summed E-state index contributed by atoms with van der Waals surface area (Å²) in [6, 6.07) is 6.78. The van der Waals surface area contributed by atoms with Crippen LogP contribution in [0, 0.1) is 0 Å². The third-order valence-corrected chi connectivity index (χ3v) is 4.15. The number of nitrogen functional groups attached to an aromatic ring is 1. The van der Waals surface area contributed by atoms with Crippen LogP contribution < -0.4 is 21.9 Å². The van der Waals surface area contributed by atoms with Gasteiger partial charge in [-0.25, -0.2) is 4.79 Å². The maximum Gasteiger partial charge on any atom is 0.331 e. The molecule has 1 aromatic carbocycles. The van der Waals surface area contributed by atoms with Crippen LogP contribution >= 0.6 is 12.4 Å². The Kier molecular flexibility index (Phi) is 5.14. The highest BCUT2D eigenvalue weighted by molar-refractivity contribution is 5.95. The van der Waals surface area contributed by atoms with E-state index in [0.29, 0.717) is 12.2 Å². The van der Waals surface area contributed by atoms with Crippen LogP contribution in [0.1, 0.15) is 12.0 Å². The molecule has 0 saturated carbocycles. The highest BCUT2D eigenvalue weighted by Gasteiger charge is 2.24. The van der Waals surface area contributed by atoms with Gasteiger partial charge in [0.25, 0.3) is 5.56 Å². The van der Waals surface area contributed by atoms with Crippen molar-refractivity contribution in [3.05, 3.63) is 56.9 Å². The zero-order valence-electron chi connectivity index (χ0n) is 13.3. The van der Waals surface area contributed by atoms with Crippen molar-refractivity contribution in [2.24, 2.45) is 7.05 Å². The second kappa shape index (κ2) is 6.92. The molecule has 2 aromatic rings. The molecule has 0 bridgehead atoms. The van der Waals surface area contributed by atoms with Gasteiger partial charge in [-0.15, -0.1) is 12.4 Å². The summed E-state index contributed by atoms with van der Waals surface area (Å²) in [7, 11) is 1.39. The monoisotopic (exact) mass is 350 g/mol. The summed E-state index contributed by atoms with van der Waals surface area (Å²) in [6.07, 6.45) is 3.02. The second-order valence-electron chi connectivity index (χ2n) is 5.62. The molecule has 0 radical (unpaired) electrons. The van der Waals surface area contributed by atoms with Crippen LogP contribution in [0.4, 0.5) is 11.4 Å². The van der Waals surface area contributed by atoms with Crippen LogP contribution in [0.2, 0.25) is 0 Å². The van der Waals surface area contributed by atoms with E-state index in [-0.39, 0.29) is 24.9 Å². The minimum Gasteiger partial charge on any atom is -0.398 e. The number of benzene rings is 1. The van der Waals surface area contributed by atoms with Gasteiger partial charge in [-0.3, -0.25) is 18.7 Å². The van der Waals surface area contributed by atoms with Gasteiger partial charge >= 0.3 is 5.69 Å². The van der Waals surface area contributed by atoms with Gasteiger partial charge in [0.1, 0.15) is 6.54 Å². The molecule has 2 N–H and O–H groups in total. The van der Waals surface area contributed by atoms with E-state index in [9.17, 15) is 14.4 Å². The summed E-state index contributed by atoms with van der Waals surface area (Å²) < 4.78 is 2.22. The highest BCUT2D eigenvalue weighted by Crippen LogP contribution is 2.31. The van der Waals surface area contributed by atoms with Crippen LogP contribution in [0.5, 0.6) is 0 Å². The summed E-state index contributed by atoms with van der Waals surface area (Å²) in [5, 5.41) is 0. The van der Waals surface area contributed by atoms with Crippen LogP contribution in [0.25, 0.3) is 0 Å². The topological polar surface area (TPSA) is 90.3 Å². The Morgan fingerprint density at radius 2 is 2.00 bits per heavy atom. The lowest BCUT2D eigenvalue weighted by atomic mass is 10.00. The zero-order chi connectivity index (χ0) is 16.6. The lowest BCUT2D eigenvalue weighted by molar-refractivity contribution is -0.119. The SMILES string of the molecule is Cl.Cn1c(=O)ccn(CC(=O)N2CCCc3c(N)cccc32)c1=O. The first kappa shape index (κ1) is 17.8. The molecule has 3 rings (SSSR count). The van der Waals surface area contributed by atoms with Crippen molar-refractivity contribution in [2.75, 3.05) is 17.2 Å². The molecule has 1 aliphatic rings. The Labute approximate surface area is 144 Å². The molecule has 0 unspecified atom stereocenters. The molecular weight excluding hydrogens is 332 g/mol. The van der Waals surface area contributed by atoms with Crippen molar-refractivity contribution in [1.82, 2.24) is 9.13 Å². The molecular formula is C16H19ClN4O3. The standard InChI is InChI=1S/C16H18N4O3.ClH/c1-18-14(21)7-9-19(16(18)23)10-15(22)20-8-3-4-11-12(17)5-2-6-13(11)20;/h2,5-7,9H,3-4,8,10,17H2,1H3;1H. The number of nitrogens with two attached hydrogens (primary N) is 1. The van der Waals surface area contributed by atoms with E-state index >= 15 is 0 Å². The minimum atomic E-state index is -0.504. The third-order valence-electron chi connectivity index (χ3n) is 4.15. The van der Waals surface area contributed by atoms with Crippen molar-refractivity contribution in [1.29, 1.82) is 0 Å². The van der Waals surface area contributed by atoms with Crippen molar-refractivity contribution in [3.8, 4) is 0 Å². The quantitative estimate of drug-likeness (QED) is 0.800. The Balaban J connectivity index is 0.00000208. The smallest absolute Gasteiger partial charge is 0.331 e. The number of anilines is 2. The molecule has 7 nitrogen and oxygen atoms in total. The van der Waals surface area contributed by atoms with Gasteiger partial charge in [-0.2, -0.15) is 0 Å². The van der Waals surface area contributed by atoms with Crippen molar-refractivity contribution >= 4 is 29.7 Å². The summed E-state index contributed by atoms with van der Waals surface area (Å²) in [6.45, 7) is 0.483. The van der Waals surface area contributed by atoms with Crippen LogP contribution in [0.15, 0.2) is 40.1 Å². The van der Waals surface area contributed by atoms with Gasteiger partial charge in [0.15, 0.2) is 0 Å². The predicted octanol–water partition coefficient (Wildman–Crippen LogP) is 0.530. The van der Waals surface area contributed by atoms with Crippen molar-refractivity contribution in [2.45, 2.75) is 19.4 Å². The molecule has 0 atom stereocenters. The fourth-order valence-corrected chi connectivity index (χ4v) is 2.88. The van der Waals surface area contributed by atoms with Gasteiger partial charge in [0, 0.05) is 37.2 Å². The highest BCUT2D eigenvalue weighted by atomic mass is 35.5. The number of amides is 1. The van der Waals surface area contributed by atoms with E-state index in [1.54, 1.807) is 4.90 Å². The molecule has 0 spiro atoms. The summed E-state index contributed by atoms with van der Waals surface area (Å²) in [5.74, 6) is -0.197. The number of halogens is 1. The van der Waals surface area contributed by atoms with E-state index in [4.69, 9.17) is 5.73 Å². The number of nitrogens with zero attached hydrogens (tertiary/aromatic N) is 3. The first-order valence-electron chi connectivity index (χ1n) is 7.43. The minimum absolute atomic E-state index is 0. The molecule has 0 fully saturated rings. The van der Waals surface area contributed by atoms with Crippen LogP contribution in [-0.4, -0.2) is 21.6 Å². The average molecular weight is 351 g/mol. The molecule has 0 aliphatic carbocycles. The fraction of sp³-hybridized carbons (Fsp3) is 0.312. The maximum atomic E-state index is 12.6. The van der Waals surface area contributed by atoms with Gasteiger partial charge in [-0.1, -0.05) is 6.07 Å².